The minimum Gasteiger partial charge on any atom is -0.463 e. The van der Waals surface area contributed by atoms with Gasteiger partial charge in [0.1, 0.15) is 12.7 Å². The summed E-state index contributed by atoms with van der Waals surface area (Å²) in [7, 11) is -4.20. The Labute approximate surface area is 218 Å². The molecule has 0 N–H and O–H groups in total. The van der Waals surface area contributed by atoms with Gasteiger partial charge in [0.2, 0.25) is 6.29 Å². The number of hydrogen-bond acceptors (Lipinski definition) is 12. The minimum absolute atomic E-state index is 0.326. The smallest absolute Gasteiger partial charge is 0.305 e. The highest BCUT2D eigenvalue weighted by molar-refractivity contribution is 7.86. The van der Waals surface area contributed by atoms with Gasteiger partial charge in [-0.25, -0.2) is 0 Å². The van der Waals surface area contributed by atoms with E-state index in [0.717, 1.165) is 59.8 Å². The average molecular weight is 553 g/mol. The fourth-order valence-corrected chi connectivity index (χ4v) is 5.06. The lowest BCUT2D eigenvalue weighted by Crippen LogP contribution is -2.63. The number of carbonyl (C=O) groups is 4. The van der Waals surface area contributed by atoms with Crippen molar-refractivity contribution in [3.05, 3.63) is 0 Å². The van der Waals surface area contributed by atoms with Crippen molar-refractivity contribution in [2.24, 2.45) is 0 Å². The molecule has 1 heterocycles. The van der Waals surface area contributed by atoms with E-state index in [2.05, 4.69) is 6.92 Å². The van der Waals surface area contributed by atoms with Crippen LogP contribution in [0.2, 0.25) is 0 Å². The van der Waals surface area contributed by atoms with Crippen LogP contribution in [0.3, 0.4) is 0 Å². The second kappa shape index (κ2) is 16.6. The van der Waals surface area contributed by atoms with Crippen LogP contribution in [0, 0.1) is 0 Å². The van der Waals surface area contributed by atoms with E-state index in [1.165, 1.54) is 6.42 Å². The van der Waals surface area contributed by atoms with Gasteiger partial charge in [-0.15, -0.1) is 0 Å². The number of carbonyl (C=O) groups excluding carboxylic acids is 4. The van der Waals surface area contributed by atoms with Gasteiger partial charge in [0.15, 0.2) is 18.3 Å². The topological polar surface area (TPSA) is 158 Å². The van der Waals surface area contributed by atoms with E-state index in [1.54, 1.807) is 0 Å². The van der Waals surface area contributed by atoms with Gasteiger partial charge >= 0.3 is 23.9 Å². The van der Waals surface area contributed by atoms with Gasteiger partial charge < -0.3 is 23.7 Å². The molecule has 1 fully saturated rings. The number of ether oxygens (including phenoxy) is 5. The van der Waals surface area contributed by atoms with Crippen LogP contribution in [-0.4, -0.2) is 75.4 Å². The Bertz CT molecular complexity index is 856. The number of hydrogen-bond donors (Lipinski definition) is 0. The summed E-state index contributed by atoms with van der Waals surface area (Å²) in [6, 6.07) is 0. The molecule has 0 bridgehead atoms. The van der Waals surface area contributed by atoms with E-state index < -0.39 is 71.3 Å². The normalized spacial score (nSPS) is 23.6. The summed E-state index contributed by atoms with van der Waals surface area (Å²) in [4.78, 5) is 46.8. The van der Waals surface area contributed by atoms with Crippen LogP contribution in [0.4, 0.5) is 0 Å². The zero-order valence-electron chi connectivity index (χ0n) is 22.3. The van der Waals surface area contributed by atoms with Gasteiger partial charge in [0.25, 0.3) is 10.1 Å². The standard InChI is InChI=1S/C24H40O12S/c1-6-7-8-9-10-11-12-13-14-37(29,30)36-23-22(33-18(4)27)21(32-17(3)26)20(15-31-16(2)25)35-24(23)34-19(5)28/h20-24H,6-15H2,1-5H3/t20-,21-,22+,23+,24?/m0/s1. The molecule has 1 saturated heterocycles. The van der Waals surface area contributed by atoms with E-state index in [0.29, 0.717) is 12.8 Å². The number of unbranched alkanes of at least 4 members (excludes halogenated alkanes) is 7. The SMILES string of the molecule is CCCCCCCCCCS(=O)(=O)O[C@H]1C(OC(C)=O)O[C@@H](COC(C)=O)[C@H](OC(C)=O)[C@H]1OC(C)=O. The molecule has 0 saturated carbocycles. The lowest BCUT2D eigenvalue weighted by molar-refractivity contribution is -0.291. The molecule has 0 spiro atoms. The van der Waals surface area contributed by atoms with Crippen LogP contribution < -0.4 is 0 Å². The third kappa shape index (κ3) is 13.2. The van der Waals surface area contributed by atoms with Gasteiger partial charge in [-0.05, 0) is 6.42 Å². The van der Waals surface area contributed by atoms with Crippen molar-refractivity contribution in [1.29, 1.82) is 0 Å². The highest BCUT2D eigenvalue weighted by Gasteiger charge is 2.54. The van der Waals surface area contributed by atoms with E-state index in [1.807, 2.05) is 0 Å². The molecule has 1 aliphatic heterocycles. The Morgan fingerprint density at radius 1 is 0.676 bits per heavy atom. The van der Waals surface area contributed by atoms with E-state index in [9.17, 15) is 27.6 Å². The minimum atomic E-state index is -4.20. The molecule has 0 aromatic carbocycles. The summed E-state index contributed by atoms with van der Waals surface area (Å²) in [6.45, 7) is 6.03. The first kappa shape index (κ1) is 32.8. The largest absolute Gasteiger partial charge is 0.463 e. The molecule has 0 amide bonds. The molecule has 0 radical (unpaired) electrons. The van der Waals surface area contributed by atoms with Crippen LogP contribution in [0.5, 0.6) is 0 Å². The van der Waals surface area contributed by atoms with Crippen molar-refractivity contribution in [1.82, 2.24) is 0 Å². The van der Waals surface area contributed by atoms with Gasteiger partial charge in [-0.3, -0.25) is 23.4 Å². The van der Waals surface area contributed by atoms with Crippen LogP contribution in [-0.2, 0) is 57.2 Å². The van der Waals surface area contributed by atoms with Crippen molar-refractivity contribution in [2.45, 2.75) is 117 Å². The summed E-state index contributed by atoms with van der Waals surface area (Å²) < 4.78 is 57.2. The Balaban J connectivity index is 3.07. The quantitative estimate of drug-likeness (QED) is 0.119. The van der Waals surface area contributed by atoms with Crippen molar-refractivity contribution in [3.63, 3.8) is 0 Å². The van der Waals surface area contributed by atoms with Gasteiger partial charge in [-0.2, -0.15) is 8.42 Å². The highest BCUT2D eigenvalue weighted by atomic mass is 32.2. The molecule has 12 nitrogen and oxygen atoms in total. The highest BCUT2D eigenvalue weighted by Crippen LogP contribution is 2.31. The zero-order valence-corrected chi connectivity index (χ0v) is 23.1. The molecule has 0 aromatic rings. The van der Waals surface area contributed by atoms with E-state index in [-0.39, 0.29) is 5.75 Å². The molecule has 37 heavy (non-hydrogen) atoms. The molecule has 1 rings (SSSR count). The van der Waals surface area contributed by atoms with Crippen LogP contribution >= 0.6 is 0 Å². The number of esters is 4. The van der Waals surface area contributed by atoms with Gasteiger partial charge in [0.05, 0.1) is 5.75 Å². The summed E-state index contributed by atoms with van der Waals surface area (Å²) in [5.41, 5.74) is 0. The van der Waals surface area contributed by atoms with E-state index in [4.69, 9.17) is 27.9 Å². The Morgan fingerprint density at radius 3 is 1.70 bits per heavy atom. The fourth-order valence-electron chi connectivity index (χ4n) is 3.86. The van der Waals surface area contributed by atoms with E-state index >= 15 is 0 Å². The third-order valence-corrected chi connectivity index (χ3v) is 6.74. The molecule has 1 unspecified atom stereocenters. The number of rotatable bonds is 16. The van der Waals surface area contributed by atoms with Crippen molar-refractivity contribution >= 4 is 34.0 Å². The van der Waals surface area contributed by atoms with Gasteiger partial charge in [0, 0.05) is 27.7 Å². The average Bonchev–Trinajstić information content (AvgIpc) is 2.77. The summed E-state index contributed by atoms with van der Waals surface area (Å²) >= 11 is 0. The maximum Gasteiger partial charge on any atom is 0.305 e. The molecule has 214 valence electrons. The molecular formula is C24H40O12S. The third-order valence-electron chi connectivity index (χ3n) is 5.43. The molecule has 0 aromatic heterocycles. The molecule has 5 atom stereocenters. The second-order valence-electron chi connectivity index (χ2n) is 8.90. The Kier molecular flexibility index (Phi) is 14.7. The summed E-state index contributed by atoms with van der Waals surface area (Å²) in [6.07, 6.45) is -0.0972. The maximum atomic E-state index is 12.8. The molecule has 1 aliphatic rings. The Morgan fingerprint density at radius 2 is 1.19 bits per heavy atom. The van der Waals surface area contributed by atoms with Crippen LogP contribution in [0.1, 0.15) is 86.0 Å². The van der Waals surface area contributed by atoms with Crippen molar-refractivity contribution < 1.29 is 55.5 Å². The molecule has 13 heteroatoms. The first-order valence-corrected chi connectivity index (χ1v) is 14.2. The zero-order chi connectivity index (χ0) is 28.0. The monoisotopic (exact) mass is 552 g/mol. The maximum absolute atomic E-state index is 12.8. The van der Waals surface area contributed by atoms with Crippen LogP contribution in [0.15, 0.2) is 0 Å². The fraction of sp³-hybridized carbons (Fsp3) is 0.833. The molecular weight excluding hydrogens is 512 g/mol. The molecule has 0 aliphatic carbocycles. The van der Waals surface area contributed by atoms with Crippen molar-refractivity contribution in [2.75, 3.05) is 12.4 Å². The second-order valence-corrected chi connectivity index (χ2v) is 10.6. The predicted octanol–water partition coefficient (Wildman–Crippen LogP) is 2.56. The van der Waals surface area contributed by atoms with Crippen LogP contribution in [0.25, 0.3) is 0 Å². The Hall–Kier alpha value is -2.25. The summed E-state index contributed by atoms with van der Waals surface area (Å²) in [5.74, 6) is -3.48. The first-order chi connectivity index (χ1) is 17.4. The lowest BCUT2D eigenvalue weighted by atomic mass is 9.98. The predicted molar refractivity (Wildman–Crippen MR) is 129 cm³/mol. The van der Waals surface area contributed by atoms with Crippen molar-refractivity contribution in [3.8, 4) is 0 Å². The van der Waals surface area contributed by atoms with Gasteiger partial charge in [-0.1, -0.05) is 51.9 Å². The first-order valence-electron chi connectivity index (χ1n) is 12.6. The lowest BCUT2D eigenvalue weighted by Gasteiger charge is -2.43. The summed E-state index contributed by atoms with van der Waals surface area (Å²) in [5, 5.41) is 0.